The average Bonchev–Trinajstić information content (AvgIpc) is 3.08. The van der Waals surface area contributed by atoms with Crippen LogP contribution in [0.2, 0.25) is 0 Å². The van der Waals surface area contributed by atoms with E-state index in [4.69, 9.17) is 4.74 Å². The summed E-state index contributed by atoms with van der Waals surface area (Å²) in [5.41, 5.74) is 2.87. The molecule has 0 radical (unpaired) electrons. The van der Waals surface area contributed by atoms with Crippen molar-refractivity contribution in [2.45, 2.75) is 40.7 Å². The molecule has 130 valence electrons. The van der Waals surface area contributed by atoms with E-state index >= 15 is 0 Å². The van der Waals surface area contributed by atoms with Crippen molar-refractivity contribution in [2.24, 2.45) is 5.10 Å². The van der Waals surface area contributed by atoms with Crippen LogP contribution in [0.1, 0.15) is 36.6 Å². The van der Waals surface area contributed by atoms with Crippen molar-refractivity contribution in [1.29, 1.82) is 0 Å². The standard InChI is InChI=1S/C18H22N6O/c1-12(2)25-17-8-6-16(7-9-17)11-19-24-15(5)20-21-18(24)23-14(4)10-13(3)22-23/h6-12H,1-5H3/b19-11+. The van der Waals surface area contributed by atoms with Gasteiger partial charge in [-0.2, -0.15) is 14.9 Å². The van der Waals surface area contributed by atoms with Gasteiger partial charge in [-0.1, -0.05) is 0 Å². The monoisotopic (exact) mass is 338 g/mol. The zero-order valence-corrected chi connectivity index (χ0v) is 15.1. The van der Waals surface area contributed by atoms with Crippen LogP contribution in [0.25, 0.3) is 5.95 Å². The van der Waals surface area contributed by atoms with Crippen LogP contribution in [0.3, 0.4) is 0 Å². The number of hydrogen-bond donors (Lipinski definition) is 0. The van der Waals surface area contributed by atoms with Gasteiger partial charge in [-0.25, -0.2) is 4.68 Å². The number of benzene rings is 1. The minimum atomic E-state index is 0.155. The molecule has 3 rings (SSSR count). The zero-order chi connectivity index (χ0) is 18.0. The smallest absolute Gasteiger partial charge is 0.273 e. The number of nitrogens with zero attached hydrogens (tertiary/aromatic N) is 6. The first-order valence-corrected chi connectivity index (χ1v) is 8.21. The minimum Gasteiger partial charge on any atom is -0.491 e. The molecule has 1 aromatic carbocycles. The third kappa shape index (κ3) is 3.76. The van der Waals surface area contributed by atoms with E-state index in [1.165, 1.54) is 0 Å². The molecular formula is C18H22N6O. The number of aromatic nitrogens is 5. The molecule has 0 saturated carbocycles. The average molecular weight is 338 g/mol. The number of rotatable bonds is 5. The first kappa shape index (κ1) is 16.9. The van der Waals surface area contributed by atoms with E-state index in [2.05, 4.69) is 20.4 Å². The molecule has 0 atom stereocenters. The molecular weight excluding hydrogens is 316 g/mol. The molecule has 0 aliphatic heterocycles. The summed E-state index contributed by atoms with van der Waals surface area (Å²) >= 11 is 0. The number of hydrogen-bond acceptors (Lipinski definition) is 5. The molecule has 7 nitrogen and oxygen atoms in total. The predicted molar refractivity (Wildman–Crippen MR) is 96.6 cm³/mol. The highest BCUT2D eigenvalue weighted by Gasteiger charge is 2.13. The van der Waals surface area contributed by atoms with Crippen LogP contribution in [-0.4, -0.2) is 37.0 Å². The summed E-state index contributed by atoms with van der Waals surface area (Å²) in [6.45, 7) is 9.79. The van der Waals surface area contributed by atoms with Crippen LogP contribution in [0.5, 0.6) is 5.75 Å². The molecule has 0 N–H and O–H groups in total. The van der Waals surface area contributed by atoms with Gasteiger partial charge in [0.15, 0.2) is 5.82 Å². The van der Waals surface area contributed by atoms with Gasteiger partial charge in [-0.15, -0.1) is 10.2 Å². The first-order valence-electron chi connectivity index (χ1n) is 8.21. The molecule has 0 bridgehead atoms. The molecule has 0 spiro atoms. The van der Waals surface area contributed by atoms with Gasteiger partial charge in [-0.05, 0) is 70.5 Å². The van der Waals surface area contributed by atoms with Gasteiger partial charge >= 0.3 is 0 Å². The van der Waals surface area contributed by atoms with Crippen LogP contribution in [0.4, 0.5) is 0 Å². The van der Waals surface area contributed by atoms with Crippen molar-refractivity contribution in [2.75, 3.05) is 0 Å². The summed E-state index contributed by atoms with van der Waals surface area (Å²) in [6, 6.07) is 9.78. The Morgan fingerprint density at radius 2 is 1.80 bits per heavy atom. The van der Waals surface area contributed by atoms with Gasteiger partial charge < -0.3 is 4.74 Å². The maximum absolute atomic E-state index is 5.65. The Morgan fingerprint density at radius 3 is 2.40 bits per heavy atom. The fourth-order valence-corrected chi connectivity index (χ4v) is 2.47. The highest BCUT2D eigenvalue weighted by atomic mass is 16.5. The summed E-state index contributed by atoms with van der Waals surface area (Å²) in [7, 11) is 0. The van der Waals surface area contributed by atoms with Gasteiger partial charge in [0.25, 0.3) is 5.95 Å². The predicted octanol–water partition coefficient (Wildman–Crippen LogP) is 3.06. The fraction of sp³-hybridized carbons (Fsp3) is 0.333. The SMILES string of the molecule is Cc1cc(C)n(-c2nnc(C)n2/N=C/c2ccc(OC(C)C)cc2)n1. The molecule has 2 aromatic heterocycles. The number of ether oxygens (including phenoxy) is 1. The molecule has 25 heavy (non-hydrogen) atoms. The second-order valence-corrected chi connectivity index (χ2v) is 6.18. The molecule has 0 aliphatic carbocycles. The summed E-state index contributed by atoms with van der Waals surface area (Å²) < 4.78 is 9.07. The van der Waals surface area contributed by atoms with Gasteiger partial charge in [0.2, 0.25) is 0 Å². The molecule has 3 aromatic rings. The normalized spacial score (nSPS) is 11.6. The van der Waals surface area contributed by atoms with E-state index in [1.54, 1.807) is 15.6 Å². The van der Waals surface area contributed by atoms with E-state index in [-0.39, 0.29) is 6.10 Å². The lowest BCUT2D eigenvalue weighted by Gasteiger charge is -2.09. The van der Waals surface area contributed by atoms with Gasteiger partial charge in [0.1, 0.15) is 5.75 Å². The highest BCUT2D eigenvalue weighted by Crippen LogP contribution is 2.14. The highest BCUT2D eigenvalue weighted by molar-refractivity contribution is 5.79. The third-order valence-corrected chi connectivity index (χ3v) is 3.55. The lowest BCUT2D eigenvalue weighted by Crippen LogP contribution is -2.08. The summed E-state index contributed by atoms with van der Waals surface area (Å²) in [4.78, 5) is 0. The quantitative estimate of drug-likeness (QED) is 0.670. The third-order valence-electron chi connectivity index (χ3n) is 3.55. The van der Waals surface area contributed by atoms with E-state index in [9.17, 15) is 0 Å². The van der Waals surface area contributed by atoms with Crippen LogP contribution < -0.4 is 4.74 Å². The Hall–Kier alpha value is -2.96. The van der Waals surface area contributed by atoms with Crippen molar-refractivity contribution >= 4 is 6.21 Å². The molecule has 7 heteroatoms. The Labute approximate surface area is 147 Å². The Balaban J connectivity index is 1.87. The first-order chi connectivity index (χ1) is 11.9. The molecule has 0 unspecified atom stereocenters. The summed E-state index contributed by atoms with van der Waals surface area (Å²) in [5, 5.41) is 17.3. The Bertz CT molecular complexity index is 889. The second kappa shape index (κ2) is 6.88. The van der Waals surface area contributed by atoms with Crippen LogP contribution in [0, 0.1) is 20.8 Å². The van der Waals surface area contributed by atoms with Crippen LogP contribution >= 0.6 is 0 Å². The van der Waals surface area contributed by atoms with Gasteiger partial charge in [0.05, 0.1) is 18.0 Å². The molecule has 0 fully saturated rings. The number of aryl methyl sites for hydroxylation is 3. The fourth-order valence-electron chi connectivity index (χ4n) is 2.47. The topological polar surface area (TPSA) is 70.1 Å². The molecule has 0 amide bonds. The second-order valence-electron chi connectivity index (χ2n) is 6.18. The van der Waals surface area contributed by atoms with Crippen LogP contribution in [0.15, 0.2) is 35.4 Å². The maximum Gasteiger partial charge on any atom is 0.273 e. The van der Waals surface area contributed by atoms with E-state index in [1.807, 2.05) is 65.0 Å². The van der Waals surface area contributed by atoms with Gasteiger partial charge in [-0.3, -0.25) is 0 Å². The maximum atomic E-state index is 5.65. The van der Waals surface area contributed by atoms with Crippen molar-refractivity contribution in [3.8, 4) is 11.7 Å². The van der Waals surface area contributed by atoms with Crippen molar-refractivity contribution in [3.05, 3.63) is 53.1 Å². The van der Waals surface area contributed by atoms with Crippen LogP contribution in [-0.2, 0) is 0 Å². The van der Waals surface area contributed by atoms with Crippen molar-refractivity contribution in [1.82, 2.24) is 24.7 Å². The minimum absolute atomic E-state index is 0.155. The van der Waals surface area contributed by atoms with E-state index in [0.717, 1.165) is 22.7 Å². The summed E-state index contributed by atoms with van der Waals surface area (Å²) in [5.74, 6) is 2.11. The van der Waals surface area contributed by atoms with Crippen molar-refractivity contribution < 1.29 is 4.74 Å². The van der Waals surface area contributed by atoms with E-state index in [0.29, 0.717) is 11.8 Å². The summed E-state index contributed by atoms with van der Waals surface area (Å²) in [6.07, 6.45) is 1.92. The lowest BCUT2D eigenvalue weighted by atomic mass is 10.2. The Kier molecular flexibility index (Phi) is 4.65. The van der Waals surface area contributed by atoms with E-state index < -0.39 is 0 Å². The zero-order valence-electron chi connectivity index (χ0n) is 15.1. The molecule has 0 saturated heterocycles. The molecule has 2 heterocycles. The van der Waals surface area contributed by atoms with Gasteiger partial charge in [0, 0.05) is 5.69 Å². The molecule has 0 aliphatic rings. The van der Waals surface area contributed by atoms with Crippen molar-refractivity contribution in [3.63, 3.8) is 0 Å². The Morgan fingerprint density at radius 1 is 1.08 bits per heavy atom. The lowest BCUT2D eigenvalue weighted by molar-refractivity contribution is 0.242. The largest absolute Gasteiger partial charge is 0.491 e.